The Labute approximate surface area is 90.0 Å². The van der Waals surface area contributed by atoms with Gasteiger partial charge in [-0.05, 0) is 6.92 Å². The smallest absolute Gasteiger partial charge is 0.267 e. The van der Waals surface area contributed by atoms with Gasteiger partial charge in [-0.3, -0.25) is 4.18 Å². The zero-order valence-corrected chi connectivity index (χ0v) is 9.46. The van der Waals surface area contributed by atoms with Crippen LogP contribution in [0.5, 0.6) is 0 Å². The van der Waals surface area contributed by atoms with Gasteiger partial charge in [-0.1, -0.05) is 0 Å². The minimum Gasteiger partial charge on any atom is -0.270 e. The van der Waals surface area contributed by atoms with Gasteiger partial charge < -0.3 is 0 Å². The highest BCUT2D eigenvalue weighted by molar-refractivity contribution is 7.86. The Morgan fingerprint density at radius 3 is 2.53 bits per heavy atom. The molecule has 0 aromatic heterocycles. The molecule has 0 aromatic rings. The molecule has 0 fully saturated rings. The molecule has 0 unspecified atom stereocenters. The summed E-state index contributed by atoms with van der Waals surface area (Å²) in [5.41, 5.74) is -0.545. The molecule has 0 saturated carbocycles. The lowest BCUT2D eigenvalue weighted by Gasteiger charge is -2.08. The van der Waals surface area contributed by atoms with Crippen LogP contribution in [0.2, 0.25) is 0 Å². The fourth-order valence-electron chi connectivity index (χ4n) is 1.20. The summed E-state index contributed by atoms with van der Waals surface area (Å²) in [5, 5.41) is 7.69. The van der Waals surface area contributed by atoms with Crippen LogP contribution >= 0.6 is 0 Å². The molecule has 0 radical (unpaired) electrons. The predicted octanol–water partition coefficient (Wildman–Crippen LogP) is 1.32. The van der Waals surface area contributed by atoms with Gasteiger partial charge in [0.15, 0.2) is 5.66 Å². The van der Waals surface area contributed by atoms with Crippen molar-refractivity contribution in [2.45, 2.75) is 31.8 Å². The van der Waals surface area contributed by atoms with Gasteiger partial charge in [0.05, 0.1) is 12.4 Å². The van der Waals surface area contributed by atoms with E-state index in [0.717, 1.165) is 0 Å². The number of hydrogen-bond donors (Lipinski definition) is 0. The summed E-state index contributed by atoms with van der Waals surface area (Å²) < 4.78 is 27.1. The maximum atomic E-state index is 11.2. The molecule has 84 valence electrons. The minimum atomic E-state index is -3.42. The van der Waals surface area contributed by atoms with Crippen molar-refractivity contribution in [1.82, 2.24) is 0 Å². The lowest BCUT2D eigenvalue weighted by atomic mass is 10.1. The SMILES string of the molecule is C#CCCC1(CCS(=O)(=O)OCC)N=N1. The van der Waals surface area contributed by atoms with Gasteiger partial charge in [0, 0.05) is 19.3 Å². The number of nitrogens with zero attached hydrogens (tertiary/aromatic N) is 2. The highest BCUT2D eigenvalue weighted by atomic mass is 32.2. The highest BCUT2D eigenvalue weighted by Crippen LogP contribution is 2.36. The fraction of sp³-hybridized carbons (Fsp3) is 0.778. The number of hydrogen-bond acceptors (Lipinski definition) is 5. The van der Waals surface area contributed by atoms with Crippen LogP contribution in [0.15, 0.2) is 10.2 Å². The molecule has 6 heteroatoms. The van der Waals surface area contributed by atoms with Gasteiger partial charge in [0.1, 0.15) is 0 Å². The molecule has 0 aliphatic carbocycles. The van der Waals surface area contributed by atoms with Crippen molar-refractivity contribution < 1.29 is 12.6 Å². The Morgan fingerprint density at radius 2 is 2.07 bits per heavy atom. The lowest BCUT2D eigenvalue weighted by Crippen LogP contribution is -2.19. The molecule has 1 aliphatic heterocycles. The maximum Gasteiger partial charge on any atom is 0.267 e. The van der Waals surface area contributed by atoms with Gasteiger partial charge in [-0.15, -0.1) is 12.3 Å². The van der Waals surface area contributed by atoms with Crippen molar-refractivity contribution >= 4 is 10.1 Å². The molecule has 0 bridgehead atoms. The van der Waals surface area contributed by atoms with Gasteiger partial charge in [-0.25, -0.2) is 0 Å². The van der Waals surface area contributed by atoms with E-state index in [-0.39, 0.29) is 12.4 Å². The van der Waals surface area contributed by atoms with Crippen LogP contribution in [0.1, 0.15) is 26.2 Å². The summed E-state index contributed by atoms with van der Waals surface area (Å²) in [7, 11) is -3.42. The van der Waals surface area contributed by atoms with E-state index in [4.69, 9.17) is 6.42 Å². The molecule has 5 nitrogen and oxygen atoms in total. The Balaban J connectivity index is 2.34. The third-order valence-corrected chi connectivity index (χ3v) is 3.40. The first-order chi connectivity index (χ1) is 7.04. The average Bonchev–Trinajstić information content (AvgIpc) is 2.93. The van der Waals surface area contributed by atoms with E-state index in [1.807, 2.05) is 0 Å². The normalized spacial score (nSPS) is 17.3. The van der Waals surface area contributed by atoms with Gasteiger partial charge >= 0.3 is 0 Å². The van der Waals surface area contributed by atoms with E-state index in [1.165, 1.54) is 0 Å². The van der Waals surface area contributed by atoms with E-state index in [1.54, 1.807) is 6.92 Å². The molecule has 0 N–H and O–H groups in total. The molecular formula is C9H14N2O3S. The summed E-state index contributed by atoms with van der Waals surface area (Å²) in [6, 6.07) is 0. The zero-order valence-electron chi connectivity index (χ0n) is 8.64. The lowest BCUT2D eigenvalue weighted by molar-refractivity contribution is 0.335. The molecule has 0 spiro atoms. The van der Waals surface area contributed by atoms with Gasteiger partial charge in [0.2, 0.25) is 0 Å². The third-order valence-electron chi connectivity index (χ3n) is 2.10. The Morgan fingerprint density at radius 1 is 1.40 bits per heavy atom. The first-order valence-electron chi connectivity index (χ1n) is 4.78. The van der Waals surface area contributed by atoms with Crippen LogP contribution < -0.4 is 0 Å². The van der Waals surface area contributed by atoms with Crippen LogP contribution in [-0.2, 0) is 14.3 Å². The molecule has 0 atom stereocenters. The predicted molar refractivity (Wildman–Crippen MR) is 55.7 cm³/mol. The van der Waals surface area contributed by atoms with Crippen molar-refractivity contribution in [3.05, 3.63) is 0 Å². The van der Waals surface area contributed by atoms with Crippen molar-refractivity contribution in [2.24, 2.45) is 10.2 Å². The van der Waals surface area contributed by atoms with Crippen molar-refractivity contribution in [3.8, 4) is 12.3 Å². The molecular weight excluding hydrogens is 216 g/mol. The standard InChI is InChI=1S/C9H14N2O3S/c1-3-5-6-9(10-11-9)7-8-15(12,13)14-4-2/h1H,4-8H2,2H3. The van der Waals surface area contributed by atoms with E-state index in [2.05, 4.69) is 20.3 Å². The number of rotatable bonds is 7. The van der Waals surface area contributed by atoms with Crippen molar-refractivity contribution in [2.75, 3.05) is 12.4 Å². The van der Waals surface area contributed by atoms with E-state index in [9.17, 15) is 8.42 Å². The Kier molecular flexibility index (Phi) is 3.83. The molecule has 0 saturated heterocycles. The van der Waals surface area contributed by atoms with Crippen molar-refractivity contribution in [1.29, 1.82) is 0 Å². The molecule has 15 heavy (non-hydrogen) atoms. The second kappa shape index (κ2) is 4.73. The quantitative estimate of drug-likeness (QED) is 0.489. The van der Waals surface area contributed by atoms with Crippen LogP contribution in [0, 0.1) is 12.3 Å². The molecule has 1 rings (SSSR count). The van der Waals surface area contributed by atoms with Crippen LogP contribution in [-0.4, -0.2) is 26.4 Å². The second-order valence-electron chi connectivity index (χ2n) is 3.30. The molecule has 0 aromatic carbocycles. The van der Waals surface area contributed by atoms with Crippen molar-refractivity contribution in [3.63, 3.8) is 0 Å². The summed E-state index contributed by atoms with van der Waals surface area (Å²) in [6.07, 6.45) is 6.65. The maximum absolute atomic E-state index is 11.2. The fourth-order valence-corrected chi connectivity index (χ4v) is 2.25. The highest BCUT2D eigenvalue weighted by Gasteiger charge is 2.40. The van der Waals surface area contributed by atoms with Gasteiger partial charge in [-0.2, -0.15) is 18.6 Å². The van der Waals surface area contributed by atoms with E-state index >= 15 is 0 Å². The third kappa shape index (κ3) is 3.98. The van der Waals surface area contributed by atoms with E-state index in [0.29, 0.717) is 19.3 Å². The summed E-state index contributed by atoms with van der Waals surface area (Å²) >= 11 is 0. The minimum absolute atomic E-state index is 0.0571. The van der Waals surface area contributed by atoms with Gasteiger partial charge in [0.25, 0.3) is 10.1 Å². The van der Waals surface area contributed by atoms with Crippen LogP contribution in [0.25, 0.3) is 0 Å². The monoisotopic (exact) mass is 230 g/mol. The first-order valence-corrected chi connectivity index (χ1v) is 6.36. The zero-order chi connectivity index (χ0) is 11.4. The summed E-state index contributed by atoms with van der Waals surface area (Å²) in [4.78, 5) is 0. The largest absolute Gasteiger partial charge is 0.270 e. The van der Waals surface area contributed by atoms with E-state index < -0.39 is 15.8 Å². The summed E-state index contributed by atoms with van der Waals surface area (Å²) in [5.74, 6) is 2.43. The summed E-state index contributed by atoms with van der Waals surface area (Å²) in [6.45, 7) is 1.80. The number of terminal acetylenes is 1. The topological polar surface area (TPSA) is 68.1 Å². The molecule has 0 amide bonds. The molecule has 1 aliphatic rings. The second-order valence-corrected chi connectivity index (χ2v) is 5.06. The Bertz CT molecular complexity index is 375. The first kappa shape index (κ1) is 12.1. The van der Waals surface area contributed by atoms with Crippen LogP contribution in [0.4, 0.5) is 0 Å². The Hall–Kier alpha value is -0.930. The van der Waals surface area contributed by atoms with Crippen LogP contribution in [0.3, 0.4) is 0 Å². The average molecular weight is 230 g/mol. The molecule has 1 heterocycles.